The lowest BCUT2D eigenvalue weighted by atomic mass is 9.96. The molecule has 0 spiro atoms. The Morgan fingerprint density at radius 1 is 1.23 bits per heavy atom. The molecular formula is C22H19N3O4S. The molecule has 152 valence electrons. The Morgan fingerprint density at radius 3 is 2.80 bits per heavy atom. The van der Waals surface area contributed by atoms with Crippen LogP contribution in [0.25, 0.3) is 5.76 Å². The molecule has 1 aliphatic rings. The van der Waals surface area contributed by atoms with Gasteiger partial charge in [-0.05, 0) is 30.2 Å². The standard InChI is InChI=1S/C22H19N3O4S/c1-2-10-29-16-7-3-5-14(12-16)19(26)17-18(15-6-4-8-23-13-15)25(21(28)20(17)27)22-24-9-11-30-22/h3-9,11-13,18,26H,2,10H2,1H3. The van der Waals surface area contributed by atoms with E-state index in [2.05, 4.69) is 9.97 Å². The number of pyridine rings is 1. The predicted octanol–water partition coefficient (Wildman–Crippen LogP) is 3.95. The first-order valence-electron chi connectivity index (χ1n) is 9.45. The number of benzene rings is 1. The normalized spacial score (nSPS) is 18.0. The third-order valence-corrected chi connectivity index (χ3v) is 5.42. The first kappa shape index (κ1) is 19.8. The van der Waals surface area contributed by atoms with Crippen molar-refractivity contribution in [3.8, 4) is 5.75 Å². The molecule has 1 N–H and O–H groups in total. The van der Waals surface area contributed by atoms with Crippen molar-refractivity contribution in [3.05, 3.63) is 77.1 Å². The van der Waals surface area contributed by atoms with Gasteiger partial charge in [-0.3, -0.25) is 19.5 Å². The third kappa shape index (κ3) is 3.57. The maximum atomic E-state index is 13.0. The number of aliphatic hydroxyl groups is 1. The fraction of sp³-hybridized carbons (Fsp3) is 0.182. The molecule has 1 aliphatic heterocycles. The van der Waals surface area contributed by atoms with Gasteiger partial charge in [0.2, 0.25) is 0 Å². The molecule has 3 aromatic rings. The van der Waals surface area contributed by atoms with E-state index in [1.165, 1.54) is 16.2 Å². The predicted molar refractivity (Wildman–Crippen MR) is 113 cm³/mol. The number of ether oxygens (including phenoxy) is 1. The summed E-state index contributed by atoms with van der Waals surface area (Å²) in [5.41, 5.74) is 0.998. The zero-order chi connectivity index (χ0) is 21.1. The lowest BCUT2D eigenvalue weighted by molar-refractivity contribution is -0.132. The van der Waals surface area contributed by atoms with Crippen LogP contribution in [0.4, 0.5) is 5.13 Å². The van der Waals surface area contributed by atoms with E-state index in [4.69, 9.17) is 4.74 Å². The quantitative estimate of drug-likeness (QED) is 0.368. The van der Waals surface area contributed by atoms with Crippen molar-refractivity contribution < 1.29 is 19.4 Å². The van der Waals surface area contributed by atoms with Crippen molar-refractivity contribution in [2.24, 2.45) is 0 Å². The molecule has 0 bridgehead atoms. The molecule has 4 rings (SSSR count). The number of amides is 1. The summed E-state index contributed by atoms with van der Waals surface area (Å²) < 4.78 is 5.63. The smallest absolute Gasteiger partial charge is 0.301 e. The molecule has 1 atom stereocenters. The van der Waals surface area contributed by atoms with E-state index in [9.17, 15) is 14.7 Å². The lowest BCUT2D eigenvalue weighted by Gasteiger charge is -2.22. The Hall–Kier alpha value is -3.52. The third-order valence-electron chi connectivity index (χ3n) is 4.65. The molecule has 0 saturated carbocycles. The monoisotopic (exact) mass is 421 g/mol. The van der Waals surface area contributed by atoms with Crippen LogP contribution in [0.2, 0.25) is 0 Å². The maximum absolute atomic E-state index is 13.0. The topological polar surface area (TPSA) is 92.6 Å². The van der Waals surface area contributed by atoms with Crippen LogP contribution < -0.4 is 9.64 Å². The molecule has 1 aromatic carbocycles. The van der Waals surface area contributed by atoms with E-state index in [1.54, 1.807) is 60.4 Å². The van der Waals surface area contributed by atoms with Crippen molar-refractivity contribution in [1.82, 2.24) is 9.97 Å². The van der Waals surface area contributed by atoms with Gasteiger partial charge in [-0.25, -0.2) is 4.98 Å². The number of ketones is 1. The Balaban J connectivity index is 1.86. The fourth-order valence-corrected chi connectivity index (χ4v) is 3.99. The fourth-order valence-electron chi connectivity index (χ4n) is 3.33. The SMILES string of the molecule is CCCOc1cccc(C(O)=C2C(=O)C(=O)N(c3nccs3)C2c2cccnc2)c1. The van der Waals surface area contributed by atoms with E-state index in [1.807, 2.05) is 6.92 Å². The Bertz CT molecular complexity index is 1100. The number of Topliss-reactive ketones (excluding diaryl/α,β-unsaturated/α-hetero) is 1. The largest absolute Gasteiger partial charge is 0.507 e. The van der Waals surface area contributed by atoms with Gasteiger partial charge in [0.05, 0.1) is 18.2 Å². The average Bonchev–Trinajstić information content (AvgIpc) is 3.39. The van der Waals surface area contributed by atoms with Gasteiger partial charge in [0.15, 0.2) is 5.13 Å². The number of anilines is 1. The van der Waals surface area contributed by atoms with Gasteiger partial charge in [0.25, 0.3) is 5.78 Å². The first-order chi connectivity index (χ1) is 14.6. The van der Waals surface area contributed by atoms with Crippen LogP contribution in [0, 0.1) is 0 Å². The summed E-state index contributed by atoms with van der Waals surface area (Å²) >= 11 is 1.24. The molecule has 30 heavy (non-hydrogen) atoms. The van der Waals surface area contributed by atoms with Gasteiger partial charge >= 0.3 is 5.91 Å². The van der Waals surface area contributed by atoms with Crippen molar-refractivity contribution in [2.45, 2.75) is 19.4 Å². The molecule has 2 aromatic heterocycles. The van der Waals surface area contributed by atoms with Crippen LogP contribution in [0.3, 0.4) is 0 Å². The van der Waals surface area contributed by atoms with Gasteiger partial charge < -0.3 is 9.84 Å². The minimum absolute atomic E-state index is 0.00385. The second-order valence-corrected chi connectivity index (χ2v) is 7.52. The van der Waals surface area contributed by atoms with E-state index < -0.39 is 17.7 Å². The Kier molecular flexibility index (Phi) is 5.58. The number of carbonyl (C=O) groups excluding carboxylic acids is 2. The molecule has 0 aliphatic carbocycles. The molecule has 8 heteroatoms. The molecule has 1 fully saturated rings. The summed E-state index contributed by atoms with van der Waals surface area (Å²) in [6.45, 7) is 2.53. The molecule has 7 nitrogen and oxygen atoms in total. The summed E-state index contributed by atoms with van der Waals surface area (Å²) in [5, 5.41) is 13.2. The second-order valence-electron chi connectivity index (χ2n) is 6.65. The average molecular weight is 421 g/mol. The number of thiazole rings is 1. The van der Waals surface area contributed by atoms with Crippen LogP contribution in [0.15, 0.2) is 65.9 Å². The van der Waals surface area contributed by atoms with Gasteiger partial charge in [-0.2, -0.15) is 0 Å². The number of hydrogen-bond donors (Lipinski definition) is 1. The molecule has 3 heterocycles. The summed E-state index contributed by atoms with van der Waals surface area (Å²) in [6.07, 6.45) is 5.59. The lowest BCUT2D eigenvalue weighted by Crippen LogP contribution is -2.29. The van der Waals surface area contributed by atoms with Crippen LogP contribution in [0.5, 0.6) is 5.75 Å². The highest BCUT2D eigenvalue weighted by atomic mass is 32.1. The van der Waals surface area contributed by atoms with E-state index in [0.29, 0.717) is 28.6 Å². The van der Waals surface area contributed by atoms with Crippen molar-refractivity contribution in [3.63, 3.8) is 0 Å². The summed E-state index contributed by atoms with van der Waals surface area (Å²) in [5.74, 6) is -1.19. The zero-order valence-electron chi connectivity index (χ0n) is 16.2. The number of nitrogens with zero attached hydrogens (tertiary/aromatic N) is 3. The van der Waals surface area contributed by atoms with Crippen molar-refractivity contribution in [1.29, 1.82) is 0 Å². The number of carbonyl (C=O) groups is 2. The van der Waals surface area contributed by atoms with Crippen molar-refractivity contribution >= 4 is 33.9 Å². The van der Waals surface area contributed by atoms with E-state index >= 15 is 0 Å². The van der Waals surface area contributed by atoms with Gasteiger partial charge in [0.1, 0.15) is 11.5 Å². The van der Waals surface area contributed by atoms with Gasteiger partial charge in [-0.15, -0.1) is 11.3 Å². The van der Waals surface area contributed by atoms with E-state index in [-0.39, 0.29) is 11.3 Å². The zero-order valence-corrected chi connectivity index (χ0v) is 17.0. The van der Waals surface area contributed by atoms with Crippen LogP contribution in [-0.2, 0) is 9.59 Å². The number of aromatic nitrogens is 2. The summed E-state index contributed by atoms with van der Waals surface area (Å²) in [6, 6.07) is 9.49. The van der Waals surface area contributed by atoms with Crippen LogP contribution in [0.1, 0.15) is 30.5 Å². The van der Waals surface area contributed by atoms with Crippen LogP contribution in [-0.4, -0.2) is 33.4 Å². The molecular weight excluding hydrogens is 402 g/mol. The molecule has 1 saturated heterocycles. The molecule has 1 amide bonds. The Labute approximate surface area is 177 Å². The van der Waals surface area contributed by atoms with E-state index in [0.717, 1.165) is 6.42 Å². The minimum atomic E-state index is -0.829. The van der Waals surface area contributed by atoms with Gasteiger partial charge in [-0.1, -0.05) is 25.1 Å². The van der Waals surface area contributed by atoms with Gasteiger partial charge in [0, 0.05) is 29.5 Å². The summed E-state index contributed by atoms with van der Waals surface area (Å²) in [4.78, 5) is 35.5. The maximum Gasteiger partial charge on any atom is 0.301 e. The second kappa shape index (κ2) is 8.46. The van der Waals surface area contributed by atoms with Crippen LogP contribution >= 0.6 is 11.3 Å². The molecule has 1 unspecified atom stereocenters. The highest BCUT2D eigenvalue weighted by Crippen LogP contribution is 2.42. The highest BCUT2D eigenvalue weighted by Gasteiger charge is 2.48. The highest BCUT2D eigenvalue weighted by molar-refractivity contribution is 7.14. The first-order valence-corrected chi connectivity index (χ1v) is 10.3. The van der Waals surface area contributed by atoms with Crippen molar-refractivity contribution in [2.75, 3.05) is 11.5 Å². The minimum Gasteiger partial charge on any atom is -0.507 e. The number of aliphatic hydroxyl groups excluding tert-OH is 1. The summed E-state index contributed by atoms with van der Waals surface area (Å²) in [7, 11) is 0. The number of hydrogen-bond acceptors (Lipinski definition) is 7. The Morgan fingerprint density at radius 2 is 2.10 bits per heavy atom. The number of rotatable bonds is 6. The molecule has 0 radical (unpaired) electrons.